The average molecular weight is 276 g/mol. The third-order valence-corrected chi connectivity index (χ3v) is 3.41. The summed E-state index contributed by atoms with van der Waals surface area (Å²) in [6.45, 7) is 0. The van der Waals surface area contributed by atoms with Crippen molar-refractivity contribution < 1.29 is 14.0 Å². The summed E-state index contributed by atoms with van der Waals surface area (Å²) in [6.07, 6.45) is 4.85. The SMILES string of the molecule is O=Cc1ccccc1-c1cc(-c2ccoc2)ccc1C=O. The van der Waals surface area contributed by atoms with E-state index in [-0.39, 0.29) is 0 Å². The minimum atomic E-state index is 0.552. The Morgan fingerprint density at radius 3 is 2.24 bits per heavy atom. The molecule has 3 rings (SSSR count). The molecule has 0 saturated carbocycles. The molecule has 102 valence electrons. The van der Waals surface area contributed by atoms with Gasteiger partial charge in [0.15, 0.2) is 12.6 Å². The number of aldehydes is 2. The van der Waals surface area contributed by atoms with Crippen LogP contribution in [-0.4, -0.2) is 12.6 Å². The lowest BCUT2D eigenvalue weighted by atomic mass is 9.93. The van der Waals surface area contributed by atoms with Gasteiger partial charge in [0, 0.05) is 16.7 Å². The van der Waals surface area contributed by atoms with Crippen LogP contribution in [0.2, 0.25) is 0 Å². The molecule has 1 heterocycles. The normalized spacial score (nSPS) is 10.3. The van der Waals surface area contributed by atoms with E-state index in [1.165, 1.54) is 0 Å². The molecule has 0 aliphatic heterocycles. The summed E-state index contributed by atoms with van der Waals surface area (Å²) in [5, 5.41) is 0. The quantitative estimate of drug-likeness (QED) is 0.670. The number of hydrogen-bond acceptors (Lipinski definition) is 3. The number of carbonyl (C=O) groups is 2. The third kappa shape index (κ3) is 2.41. The molecule has 2 aromatic carbocycles. The van der Waals surface area contributed by atoms with Crippen molar-refractivity contribution in [2.45, 2.75) is 0 Å². The van der Waals surface area contributed by atoms with Crippen LogP contribution in [0.4, 0.5) is 0 Å². The molecule has 0 amide bonds. The fourth-order valence-electron chi connectivity index (χ4n) is 2.35. The standard InChI is InChI=1S/C18H12O3/c19-10-14-3-1-2-4-17(14)18-9-13(5-6-15(18)11-20)16-7-8-21-12-16/h1-12H. The van der Waals surface area contributed by atoms with Gasteiger partial charge < -0.3 is 4.42 Å². The molecule has 3 nitrogen and oxygen atoms in total. The number of carbonyl (C=O) groups excluding carboxylic acids is 2. The summed E-state index contributed by atoms with van der Waals surface area (Å²) in [5.41, 5.74) is 4.47. The fourth-order valence-corrected chi connectivity index (χ4v) is 2.35. The maximum absolute atomic E-state index is 11.3. The number of rotatable bonds is 4. The van der Waals surface area contributed by atoms with Crippen LogP contribution >= 0.6 is 0 Å². The Bertz CT molecular complexity index is 786. The van der Waals surface area contributed by atoms with E-state index < -0.39 is 0 Å². The molecule has 21 heavy (non-hydrogen) atoms. The van der Waals surface area contributed by atoms with Crippen LogP contribution in [0.5, 0.6) is 0 Å². The van der Waals surface area contributed by atoms with Crippen molar-refractivity contribution >= 4 is 12.6 Å². The van der Waals surface area contributed by atoms with E-state index in [1.807, 2.05) is 30.3 Å². The molecule has 0 saturated heterocycles. The van der Waals surface area contributed by atoms with E-state index in [1.54, 1.807) is 30.7 Å². The van der Waals surface area contributed by atoms with Gasteiger partial charge in [0.25, 0.3) is 0 Å². The molecular formula is C18H12O3. The summed E-state index contributed by atoms with van der Waals surface area (Å²) >= 11 is 0. The maximum Gasteiger partial charge on any atom is 0.150 e. The Morgan fingerprint density at radius 2 is 1.52 bits per heavy atom. The number of furan rings is 1. The molecule has 1 aromatic heterocycles. The predicted molar refractivity (Wildman–Crippen MR) is 80.4 cm³/mol. The van der Waals surface area contributed by atoms with E-state index in [0.717, 1.165) is 34.8 Å². The predicted octanol–water partition coefficient (Wildman–Crippen LogP) is 4.24. The lowest BCUT2D eigenvalue weighted by Gasteiger charge is -2.09. The molecule has 0 bridgehead atoms. The first-order valence-corrected chi connectivity index (χ1v) is 6.50. The molecule has 0 aliphatic rings. The van der Waals surface area contributed by atoms with Crippen molar-refractivity contribution in [1.82, 2.24) is 0 Å². The average Bonchev–Trinajstić information content (AvgIpc) is 3.08. The van der Waals surface area contributed by atoms with Crippen LogP contribution in [0.15, 0.2) is 65.5 Å². The highest BCUT2D eigenvalue weighted by Gasteiger charge is 2.11. The first-order chi connectivity index (χ1) is 10.3. The molecule has 3 aromatic rings. The zero-order valence-corrected chi connectivity index (χ0v) is 11.2. The molecule has 0 fully saturated rings. The largest absolute Gasteiger partial charge is 0.472 e. The van der Waals surface area contributed by atoms with Gasteiger partial charge >= 0.3 is 0 Å². The third-order valence-electron chi connectivity index (χ3n) is 3.41. The molecule has 0 unspecified atom stereocenters. The Hall–Kier alpha value is -2.94. The van der Waals surface area contributed by atoms with Crippen LogP contribution in [0.3, 0.4) is 0 Å². The smallest absolute Gasteiger partial charge is 0.150 e. The molecular weight excluding hydrogens is 264 g/mol. The van der Waals surface area contributed by atoms with Gasteiger partial charge in [-0.1, -0.05) is 36.4 Å². The lowest BCUT2D eigenvalue weighted by molar-refractivity contribution is 0.111. The van der Waals surface area contributed by atoms with Gasteiger partial charge in [0.1, 0.15) is 0 Å². The van der Waals surface area contributed by atoms with Crippen LogP contribution in [0.1, 0.15) is 20.7 Å². The van der Waals surface area contributed by atoms with E-state index in [4.69, 9.17) is 4.42 Å². The van der Waals surface area contributed by atoms with E-state index >= 15 is 0 Å². The van der Waals surface area contributed by atoms with Crippen molar-refractivity contribution in [1.29, 1.82) is 0 Å². The van der Waals surface area contributed by atoms with Gasteiger partial charge in [-0.2, -0.15) is 0 Å². The minimum Gasteiger partial charge on any atom is -0.472 e. The summed E-state index contributed by atoms with van der Waals surface area (Å²) in [7, 11) is 0. The first-order valence-electron chi connectivity index (χ1n) is 6.50. The van der Waals surface area contributed by atoms with Crippen LogP contribution in [-0.2, 0) is 0 Å². The Balaban J connectivity index is 2.22. The minimum absolute atomic E-state index is 0.552. The second kappa shape index (κ2) is 5.59. The summed E-state index contributed by atoms with van der Waals surface area (Å²) in [4.78, 5) is 22.5. The second-order valence-electron chi connectivity index (χ2n) is 4.64. The summed E-state index contributed by atoms with van der Waals surface area (Å²) in [6, 6.07) is 14.6. The Morgan fingerprint density at radius 1 is 0.762 bits per heavy atom. The van der Waals surface area contributed by atoms with E-state index in [9.17, 15) is 9.59 Å². The zero-order chi connectivity index (χ0) is 14.7. The molecule has 0 N–H and O–H groups in total. The Labute approximate surface area is 121 Å². The van der Waals surface area contributed by atoms with Gasteiger partial charge in [-0.25, -0.2) is 0 Å². The van der Waals surface area contributed by atoms with Gasteiger partial charge in [0.05, 0.1) is 12.5 Å². The topological polar surface area (TPSA) is 47.3 Å². The van der Waals surface area contributed by atoms with Crippen LogP contribution in [0.25, 0.3) is 22.3 Å². The monoisotopic (exact) mass is 276 g/mol. The van der Waals surface area contributed by atoms with Crippen molar-refractivity contribution in [3.05, 3.63) is 72.2 Å². The van der Waals surface area contributed by atoms with Crippen LogP contribution in [0, 0.1) is 0 Å². The summed E-state index contributed by atoms with van der Waals surface area (Å²) in [5.74, 6) is 0. The number of benzene rings is 2. The maximum atomic E-state index is 11.3. The van der Waals surface area contributed by atoms with Gasteiger partial charge in [-0.05, 0) is 28.8 Å². The zero-order valence-electron chi connectivity index (χ0n) is 11.2. The van der Waals surface area contributed by atoms with Gasteiger partial charge in [0.2, 0.25) is 0 Å². The summed E-state index contributed by atoms with van der Waals surface area (Å²) < 4.78 is 5.09. The highest BCUT2D eigenvalue weighted by molar-refractivity contribution is 5.95. The number of hydrogen-bond donors (Lipinski definition) is 0. The van der Waals surface area contributed by atoms with Crippen molar-refractivity contribution in [3.8, 4) is 22.3 Å². The highest BCUT2D eigenvalue weighted by atomic mass is 16.3. The molecule has 0 radical (unpaired) electrons. The van der Waals surface area contributed by atoms with Gasteiger partial charge in [-0.3, -0.25) is 9.59 Å². The second-order valence-corrected chi connectivity index (χ2v) is 4.64. The van der Waals surface area contributed by atoms with E-state index in [2.05, 4.69) is 0 Å². The van der Waals surface area contributed by atoms with Crippen molar-refractivity contribution in [2.24, 2.45) is 0 Å². The van der Waals surface area contributed by atoms with Crippen LogP contribution < -0.4 is 0 Å². The molecule has 3 heteroatoms. The first kappa shape index (κ1) is 13.1. The Kier molecular flexibility index (Phi) is 3.48. The van der Waals surface area contributed by atoms with Crippen molar-refractivity contribution in [3.63, 3.8) is 0 Å². The molecule has 0 spiro atoms. The highest BCUT2D eigenvalue weighted by Crippen LogP contribution is 2.30. The van der Waals surface area contributed by atoms with Gasteiger partial charge in [-0.15, -0.1) is 0 Å². The van der Waals surface area contributed by atoms with Crippen molar-refractivity contribution in [2.75, 3.05) is 0 Å². The molecule has 0 aliphatic carbocycles. The lowest BCUT2D eigenvalue weighted by Crippen LogP contribution is -1.93. The van der Waals surface area contributed by atoms with E-state index in [0.29, 0.717) is 11.1 Å². The fraction of sp³-hybridized carbons (Fsp3) is 0. The molecule has 0 atom stereocenters.